The van der Waals surface area contributed by atoms with E-state index in [2.05, 4.69) is 33.0 Å². The van der Waals surface area contributed by atoms with E-state index in [0.29, 0.717) is 12.3 Å². The maximum atomic E-state index is 11.8. The zero-order valence-corrected chi connectivity index (χ0v) is 12.2. The molecule has 0 aromatic rings. The molecule has 0 bridgehead atoms. The molecule has 0 aromatic heterocycles. The van der Waals surface area contributed by atoms with Gasteiger partial charge < -0.3 is 10.4 Å². The number of nitrogens with one attached hydrogen (secondary N) is 1. The summed E-state index contributed by atoms with van der Waals surface area (Å²) in [7, 11) is 0. The standard InChI is InChI=1S/C14H29NO2/c1-10(8-14(4,5)6)7-13(17)15-12(3)11(2)9-16/h10-12,16H,7-9H2,1-6H3,(H,15,17). The summed E-state index contributed by atoms with van der Waals surface area (Å²) in [6.07, 6.45) is 1.62. The highest BCUT2D eigenvalue weighted by atomic mass is 16.3. The van der Waals surface area contributed by atoms with Gasteiger partial charge in [-0.15, -0.1) is 0 Å². The van der Waals surface area contributed by atoms with Gasteiger partial charge in [-0.1, -0.05) is 34.6 Å². The Hall–Kier alpha value is -0.570. The smallest absolute Gasteiger partial charge is 0.220 e. The zero-order valence-electron chi connectivity index (χ0n) is 12.2. The highest BCUT2D eigenvalue weighted by Gasteiger charge is 2.19. The second-order valence-corrected chi connectivity index (χ2v) is 6.59. The molecule has 0 aliphatic heterocycles. The Morgan fingerprint density at radius 1 is 1.24 bits per heavy atom. The van der Waals surface area contributed by atoms with Gasteiger partial charge in [0.25, 0.3) is 0 Å². The first-order chi connectivity index (χ1) is 7.65. The Kier molecular flexibility index (Phi) is 6.76. The van der Waals surface area contributed by atoms with E-state index >= 15 is 0 Å². The molecule has 3 atom stereocenters. The summed E-state index contributed by atoms with van der Waals surface area (Å²) < 4.78 is 0. The fraction of sp³-hybridized carbons (Fsp3) is 0.929. The van der Waals surface area contributed by atoms with Crippen molar-refractivity contribution in [3.8, 4) is 0 Å². The first-order valence-electron chi connectivity index (χ1n) is 6.56. The number of hydrogen-bond donors (Lipinski definition) is 2. The molecule has 1 amide bonds. The van der Waals surface area contributed by atoms with Crippen LogP contribution in [0, 0.1) is 17.3 Å². The molecule has 3 unspecified atom stereocenters. The van der Waals surface area contributed by atoms with E-state index in [0.717, 1.165) is 6.42 Å². The number of amides is 1. The first kappa shape index (κ1) is 16.4. The Bertz CT molecular complexity index is 233. The van der Waals surface area contributed by atoms with E-state index in [9.17, 15) is 4.79 Å². The van der Waals surface area contributed by atoms with Crippen molar-refractivity contribution in [2.45, 2.75) is 60.4 Å². The van der Waals surface area contributed by atoms with Crippen LogP contribution in [0.4, 0.5) is 0 Å². The SMILES string of the molecule is CC(CC(=O)NC(C)C(C)CO)CC(C)(C)C. The monoisotopic (exact) mass is 243 g/mol. The average molecular weight is 243 g/mol. The molecule has 0 rings (SSSR count). The molecule has 0 fully saturated rings. The number of aliphatic hydroxyl groups excluding tert-OH is 1. The maximum absolute atomic E-state index is 11.8. The predicted octanol–water partition coefficient (Wildman–Crippen LogP) is 2.58. The quantitative estimate of drug-likeness (QED) is 0.753. The molecule has 3 heteroatoms. The van der Waals surface area contributed by atoms with Gasteiger partial charge in [0, 0.05) is 19.1 Å². The minimum Gasteiger partial charge on any atom is -0.396 e. The molecular formula is C14H29NO2. The van der Waals surface area contributed by atoms with Crippen molar-refractivity contribution in [1.82, 2.24) is 5.32 Å². The van der Waals surface area contributed by atoms with E-state index < -0.39 is 0 Å². The summed E-state index contributed by atoms with van der Waals surface area (Å²) in [6, 6.07) is 0.0364. The van der Waals surface area contributed by atoms with Crippen molar-refractivity contribution in [2.24, 2.45) is 17.3 Å². The molecule has 0 aliphatic carbocycles. The summed E-state index contributed by atoms with van der Waals surface area (Å²) in [6.45, 7) is 12.7. The summed E-state index contributed by atoms with van der Waals surface area (Å²) in [5, 5.41) is 11.9. The summed E-state index contributed by atoms with van der Waals surface area (Å²) >= 11 is 0. The number of carbonyl (C=O) groups is 1. The molecular weight excluding hydrogens is 214 g/mol. The van der Waals surface area contributed by atoms with E-state index in [1.54, 1.807) is 0 Å². The van der Waals surface area contributed by atoms with Crippen molar-refractivity contribution in [3.63, 3.8) is 0 Å². The fourth-order valence-corrected chi connectivity index (χ4v) is 2.05. The van der Waals surface area contributed by atoms with Crippen LogP contribution in [0.3, 0.4) is 0 Å². The van der Waals surface area contributed by atoms with E-state index in [1.807, 2.05) is 13.8 Å². The van der Waals surface area contributed by atoms with Crippen molar-refractivity contribution in [3.05, 3.63) is 0 Å². The number of hydrogen-bond acceptors (Lipinski definition) is 2. The van der Waals surface area contributed by atoms with Crippen molar-refractivity contribution in [2.75, 3.05) is 6.61 Å². The molecule has 0 aromatic carbocycles. The lowest BCUT2D eigenvalue weighted by Gasteiger charge is -2.24. The molecule has 0 heterocycles. The van der Waals surface area contributed by atoms with Gasteiger partial charge in [0.1, 0.15) is 0 Å². The highest BCUT2D eigenvalue weighted by Crippen LogP contribution is 2.25. The molecule has 3 nitrogen and oxygen atoms in total. The van der Waals surface area contributed by atoms with Gasteiger partial charge in [0.05, 0.1) is 0 Å². The third kappa shape index (κ3) is 8.19. The van der Waals surface area contributed by atoms with Gasteiger partial charge in [-0.25, -0.2) is 0 Å². The maximum Gasteiger partial charge on any atom is 0.220 e. The van der Waals surface area contributed by atoms with Gasteiger partial charge in [-0.05, 0) is 30.6 Å². The average Bonchev–Trinajstić information content (AvgIpc) is 2.12. The van der Waals surface area contributed by atoms with Crippen LogP contribution in [0.25, 0.3) is 0 Å². The number of aliphatic hydroxyl groups is 1. The van der Waals surface area contributed by atoms with Crippen LogP contribution in [-0.4, -0.2) is 23.7 Å². The van der Waals surface area contributed by atoms with Gasteiger partial charge in [0.15, 0.2) is 0 Å². The molecule has 0 spiro atoms. The van der Waals surface area contributed by atoms with Crippen LogP contribution in [0.5, 0.6) is 0 Å². The molecule has 0 radical (unpaired) electrons. The minimum atomic E-state index is 0.0364. The predicted molar refractivity (Wildman–Crippen MR) is 71.7 cm³/mol. The second kappa shape index (κ2) is 7.00. The van der Waals surface area contributed by atoms with Crippen LogP contribution in [0.2, 0.25) is 0 Å². The summed E-state index contributed by atoms with van der Waals surface area (Å²) in [4.78, 5) is 11.8. The Morgan fingerprint density at radius 3 is 2.18 bits per heavy atom. The Balaban J connectivity index is 4.02. The lowest BCUT2D eigenvalue weighted by Crippen LogP contribution is -2.39. The van der Waals surface area contributed by atoms with Gasteiger partial charge in [-0.3, -0.25) is 4.79 Å². The molecule has 0 saturated carbocycles. The van der Waals surface area contributed by atoms with Crippen LogP contribution in [0.1, 0.15) is 54.4 Å². The first-order valence-corrected chi connectivity index (χ1v) is 6.56. The van der Waals surface area contributed by atoms with Crippen LogP contribution >= 0.6 is 0 Å². The van der Waals surface area contributed by atoms with Crippen molar-refractivity contribution < 1.29 is 9.90 Å². The lowest BCUT2D eigenvalue weighted by atomic mass is 9.84. The summed E-state index contributed by atoms with van der Waals surface area (Å²) in [5.41, 5.74) is 0.268. The van der Waals surface area contributed by atoms with Crippen LogP contribution in [-0.2, 0) is 4.79 Å². The Labute approximate surface area is 106 Å². The molecule has 0 aliphatic rings. The Morgan fingerprint density at radius 2 is 1.76 bits per heavy atom. The lowest BCUT2D eigenvalue weighted by molar-refractivity contribution is -0.123. The number of rotatable bonds is 6. The van der Waals surface area contributed by atoms with Gasteiger partial charge in [0.2, 0.25) is 5.91 Å². The third-order valence-electron chi connectivity index (χ3n) is 3.02. The normalized spacial score (nSPS) is 17.4. The zero-order chi connectivity index (χ0) is 13.6. The third-order valence-corrected chi connectivity index (χ3v) is 3.02. The molecule has 102 valence electrons. The van der Waals surface area contributed by atoms with E-state index in [1.165, 1.54) is 0 Å². The van der Waals surface area contributed by atoms with Crippen LogP contribution in [0.15, 0.2) is 0 Å². The summed E-state index contributed by atoms with van der Waals surface area (Å²) in [5.74, 6) is 0.595. The second-order valence-electron chi connectivity index (χ2n) is 6.59. The minimum absolute atomic E-state index is 0.0364. The topological polar surface area (TPSA) is 49.3 Å². The van der Waals surface area contributed by atoms with Gasteiger partial charge >= 0.3 is 0 Å². The van der Waals surface area contributed by atoms with E-state index in [4.69, 9.17) is 5.11 Å². The van der Waals surface area contributed by atoms with Crippen molar-refractivity contribution in [1.29, 1.82) is 0 Å². The largest absolute Gasteiger partial charge is 0.396 e. The fourth-order valence-electron chi connectivity index (χ4n) is 2.05. The van der Waals surface area contributed by atoms with Crippen LogP contribution < -0.4 is 5.32 Å². The van der Waals surface area contributed by atoms with E-state index in [-0.39, 0.29) is 29.9 Å². The number of carbonyl (C=O) groups excluding carboxylic acids is 1. The molecule has 0 saturated heterocycles. The highest BCUT2D eigenvalue weighted by molar-refractivity contribution is 5.76. The molecule has 17 heavy (non-hydrogen) atoms. The van der Waals surface area contributed by atoms with Gasteiger partial charge in [-0.2, -0.15) is 0 Å². The van der Waals surface area contributed by atoms with Crippen molar-refractivity contribution >= 4 is 5.91 Å². The molecule has 2 N–H and O–H groups in total.